The van der Waals surface area contributed by atoms with E-state index in [1.807, 2.05) is 0 Å². The topological polar surface area (TPSA) is 76.3 Å². The van der Waals surface area contributed by atoms with Gasteiger partial charge < -0.3 is 10.1 Å². The first-order valence-electron chi connectivity index (χ1n) is 4.99. The van der Waals surface area contributed by atoms with Crippen molar-refractivity contribution in [2.75, 3.05) is 6.54 Å². The molecule has 3 N–H and O–H groups in total. The zero-order chi connectivity index (χ0) is 13.7. The summed E-state index contributed by atoms with van der Waals surface area (Å²) >= 11 is 0. The first-order valence-corrected chi connectivity index (χ1v) is 4.99. The van der Waals surface area contributed by atoms with Crippen LogP contribution in [0.2, 0.25) is 0 Å². The van der Waals surface area contributed by atoms with Gasteiger partial charge in [-0.3, -0.25) is 0 Å². The molecule has 0 aromatic heterocycles. The molecular formula is C9H17F3N3O2+. The molecule has 0 heterocycles. The van der Waals surface area contributed by atoms with Crippen molar-refractivity contribution in [2.24, 2.45) is 5.11 Å². The number of amides is 1. The van der Waals surface area contributed by atoms with E-state index < -0.39 is 30.3 Å². The van der Waals surface area contributed by atoms with Crippen molar-refractivity contribution < 1.29 is 28.2 Å². The fourth-order valence-corrected chi connectivity index (χ4v) is 0.971. The minimum absolute atomic E-state index is 0.194. The molecule has 0 saturated carbocycles. The van der Waals surface area contributed by atoms with Gasteiger partial charge in [0.05, 0.1) is 0 Å². The molecule has 1 unspecified atom stereocenters. The summed E-state index contributed by atoms with van der Waals surface area (Å²) in [6.07, 6.45) is -6.09. The van der Waals surface area contributed by atoms with Crippen LogP contribution in [0, 0.1) is 0 Å². The van der Waals surface area contributed by atoms with E-state index in [0.29, 0.717) is 0 Å². The molecule has 0 aliphatic heterocycles. The Balaban J connectivity index is 4.43. The largest absolute Gasteiger partial charge is 0.444 e. The number of carbonyl (C=O) groups excluding carboxylic acids is 1. The normalized spacial score (nSPS) is 14.0. The molecular weight excluding hydrogens is 239 g/mol. The molecule has 0 aliphatic rings. The Morgan fingerprint density at radius 3 is 2.29 bits per heavy atom. The number of hydrogen-bond donors (Lipinski definition) is 2. The smallest absolute Gasteiger partial charge is 0.408 e. The van der Waals surface area contributed by atoms with Gasteiger partial charge in [0.15, 0.2) is 0 Å². The first-order chi connectivity index (χ1) is 7.56. The lowest BCUT2D eigenvalue weighted by atomic mass is 10.2. The van der Waals surface area contributed by atoms with Crippen molar-refractivity contribution in [3.05, 3.63) is 0 Å². The number of alkyl halides is 3. The van der Waals surface area contributed by atoms with Crippen LogP contribution in [-0.2, 0) is 4.74 Å². The number of nitrogens with one attached hydrogen (secondary N) is 1. The lowest BCUT2D eigenvalue weighted by Crippen LogP contribution is -2.47. The molecule has 0 aliphatic carbocycles. The van der Waals surface area contributed by atoms with E-state index in [2.05, 4.69) is 5.11 Å². The maximum Gasteiger partial charge on any atom is 0.408 e. The van der Waals surface area contributed by atoms with Crippen LogP contribution in [-0.4, -0.2) is 30.5 Å². The second kappa shape index (κ2) is 5.83. The Morgan fingerprint density at radius 2 is 1.94 bits per heavy atom. The third-order valence-corrected chi connectivity index (χ3v) is 1.63. The summed E-state index contributed by atoms with van der Waals surface area (Å²) in [4.78, 5) is 11.2. The van der Waals surface area contributed by atoms with Gasteiger partial charge in [0, 0.05) is 6.42 Å². The molecule has 1 amide bonds. The highest BCUT2D eigenvalue weighted by Crippen LogP contribution is 2.23. The third-order valence-electron chi connectivity index (χ3n) is 1.63. The van der Waals surface area contributed by atoms with Gasteiger partial charge in [-0.05, 0) is 25.9 Å². The van der Waals surface area contributed by atoms with Crippen LogP contribution in [0.25, 0.3) is 0 Å². The maximum absolute atomic E-state index is 12.5. The second-order valence-electron chi connectivity index (χ2n) is 4.44. The van der Waals surface area contributed by atoms with E-state index in [0.717, 1.165) is 0 Å². The minimum atomic E-state index is -4.55. The standard InChI is InChI=1S/C9H16F3N3O2/c1-8(2,3)17-7(16)15-6(4-5-14-13)9(10,11)12/h6,13H,4-5H2,1-3H3,(H,15,16)/p+1. The van der Waals surface area contributed by atoms with Crippen LogP contribution in [0.15, 0.2) is 5.11 Å². The third kappa shape index (κ3) is 7.53. The van der Waals surface area contributed by atoms with Crippen molar-refractivity contribution in [1.82, 2.24) is 5.32 Å². The Kier molecular flexibility index (Phi) is 5.37. The zero-order valence-electron chi connectivity index (χ0n) is 9.97. The molecule has 5 nitrogen and oxygen atoms in total. The molecule has 0 aromatic rings. The summed E-state index contributed by atoms with van der Waals surface area (Å²) in [5.74, 6) is 0. The number of carbonyl (C=O) groups is 1. The van der Waals surface area contributed by atoms with E-state index in [9.17, 15) is 18.0 Å². The average Bonchev–Trinajstić information content (AvgIpc) is 2.07. The van der Waals surface area contributed by atoms with Crippen LogP contribution >= 0.6 is 0 Å². The molecule has 0 fully saturated rings. The lowest BCUT2D eigenvalue weighted by Gasteiger charge is -2.24. The van der Waals surface area contributed by atoms with E-state index in [-0.39, 0.29) is 6.54 Å². The van der Waals surface area contributed by atoms with Crippen molar-refractivity contribution >= 4 is 6.09 Å². The number of nitrogens with zero attached hydrogens (tertiary/aromatic N) is 1. The van der Waals surface area contributed by atoms with Crippen LogP contribution in [0.3, 0.4) is 0 Å². The first kappa shape index (κ1) is 15.7. The van der Waals surface area contributed by atoms with E-state index in [1.165, 1.54) is 0 Å². The highest BCUT2D eigenvalue weighted by atomic mass is 19.4. The summed E-state index contributed by atoms with van der Waals surface area (Å²) in [5, 5.41) is 4.83. The van der Waals surface area contributed by atoms with Gasteiger partial charge in [-0.2, -0.15) is 18.7 Å². The quantitative estimate of drug-likeness (QED) is 0.737. The number of rotatable bonds is 4. The van der Waals surface area contributed by atoms with Gasteiger partial charge in [-0.15, -0.1) is 0 Å². The van der Waals surface area contributed by atoms with Gasteiger partial charge in [0.1, 0.15) is 18.2 Å². The number of alkyl carbamates (subject to hydrolysis) is 1. The molecule has 0 radical (unpaired) electrons. The highest BCUT2D eigenvalue weighted by Gasteiger charge is 2.41. The summed E-state index contributed by atoms with van der Waals surface area (Å²) in [7, 11) is 0. The number of hydrogen-bond acceptors (Lipinski definition) is 3. The number of halogens is 3. The Bertz CT molecular complexity index is 274. The van der Waals surface area contributed by atoms with Gasteiger partial charge in [-0.1, -0.05) is 0 Å². The predicted octanol–water partition coefficient (Wildman–Crippen LogP) is 1.04. The van der Waals surface area contributed by atoms with E-state index in [4.69, 9.17) is 10.3 Å². The maximum atomic E-state index is 12.5. The summed E-state index contributed by atoms with van der Waals surface area (Å²) in [6, 6.07) is -2.01. The Morgan fingerprint density at radius 1 is 1.41 bits per heavy atom. The molecule has 0 rings (SSSR count). The van der Waals surface area contributed by atoms with Crippen molar-refractivity contribution in [3.63, 3.8) is 0 Å². The molecule has 0 saturated heterocycles. The van der Waals surface area contributed by atoms with Crippen molar-refractivity contribution in [3.8, 4) is 0 Å². The van der Waals surface area contributed by atoms with Gasteiger partial charge in [-0.25, -0.2) is 4.79 Å². The summed E-state index contributed by atoms with van der Waals surface area (Å²) in [5.41, 5.74) is 3.92. The Labute approximate surface area is 97.2 Å². The van der Waals surface area contributed by atoms with Crippen LogP contribution in [0.5, 0.6) is 0 Å². The van der Waals surface area contributed by atoms with Gasteiger partial charge in [0.25, 0.3) is 0 Å². The average molecular weight is 256 g/mol. The van der Waals surface area contributed by atoms with Crippen LogP contribution in [0.1, 0.15) is 27.2 Å². The second-order valence-corrected chi connectivity index (χ2v) is 4.44. The summed E-state index contributed by atoms with van der Waals surface area (Å²) < 4.78 is 42.2. The van der Waals surface area contributed by atoms with Gasteiger partial charge >= 0.3 is 12.3 Å². The lowest BCUT2D eigenvalue weighted by molar-refractivity contribution is -0.223. The fourth-order valence-electron chi connectivity index (χ4n) is 0.971. The van der Waals surface area contributed by atoms with Crippen LogP contribution in [0.4, 0.5) is 18.0 Å². The molecule has 8 heteroatoms. The highest BCUT2D eigenvalue weighted by molar-refractivity contribution is 5.68. The summed E-state index contributed by atoms with van der Waals surface area (Å²) in [6.45, 7) is 4.49. The van der Waals surface area contributed by atoms with E-state index >= 15 is 0 Å². The molecule has 17 heavy (non-hydrogen) atoms. The Hall–Kier alpha value is -1.34. The molecule has 100 valence electrons. The SMILES string of the molecule is CC(C)(C)OC(=O)NC(CCN=[NH2+])C(F)(F)F. The molecule has 0 aromatic carbocycles. The molecule has 1 atom stereocenters. The van der Waals surface area contributed by atoms with Gasteiger partial charge in [0.2, 0.25) is 0 Å². The van der Waals surface area contributed by atoms with Crippen molar-refractivity contribution in [2.45, 2.75) is 45.0 Å². The number of ether oxygens (including phenoxy) is 1. The van der Waals surface area contributed by atoms with Crippen LogP contribution < -0.4 is 10.8 Å². The number of nitrogens with two attached hydrogens (primary N) is 1. The monoisotopic (exact) mass is 256 g/mol. The molecule has 0 spiro atoms. The fraction of sp³-hybridized carbons (Fsp3) is 0.889. The van der Waals surface area contributed by atoms with E-state index in [1.54, 1.807) is 26.1 Å². The minimum Gasteiger partial charge on any atom is -0.444 e. The van der Waals surface area contributed by atoms with Crippen molar-refractivity contribution in [1.29, 1.82) is 0 Å². The molecule has 0 bridgehead atoms. The predicted molar refractivity (Wildman–Crippen MR) is 53.1 cm³/mol. The zero-order valence-corrected chi connectivity index (χ0v) is 9.97.